The summed E-state index contributed by atoms with van der Waals surface area (Å²) < 4.78 is 0. The van der Waals surface area contributed by atoms with Crippen molar-refractivity contribution in [1.29, 1.82) is 0 Å². The zero-order chi connectivity index (χ0) is 13.0. The van der Waals surface area contributed by atoms with Crippen molar-refractivity contribution in [2.75, 3.05) is 7.05 Å². The summed E-state index contributed by atoms with van der Waals surface area (Å²) in [6.07, 6.45) is 2.35. The van der Waals surface area contributed by atoms with Gasteiger partial charge in [-0.15, -0.1) is 11.3 Å². The van der Waals surface area contributed by atoms with Crippen LogP contribution < -0.4 is 0 Å². The molecule has 0 aliphatic heterocycles. The lowest BCUT2D eigenvalue weighted by Crippen LogP contribution is -2.28. The number of hydrogen-bond acceptors (Lipinski definition) is 3. The first-order valence-corrected chi connectivity index (χ1v) is 6.80. The summed E-state index contributed by atoms with van der Waals surface area (Å²) in [4.78, 5) is 14.7. The molecule has 1 rings (SSSR count). The molecule has 0 fully saturated rings. The molecule has 0 saturated carbocycles. The minimum atomic E-state index is -0.825. The Kier molecular flexibility index (Phi) is 5.15. The van der Waals surface area contributed by atoms with E-state index < -0.39 is 5.97 Å². The van der Waals surface area contributed by atoms with E-state index in [-0.39, 0.29) is 0 Å². The molecule has 1 atom stereocenters. The molecule has 3 nitrogen and oxygen atoms in total. The van der Waals surface area contributed by atoms with Crippen molar-refractivity contribution in [2.24, 2.45) is 0 Å². The molecule has 1 aromatic rings. The van der Waals surface area contributed by atoms with E-state index in [1.807, 2.05) is 6.92 Å². The molecule has 0 aliphatic rings. The molecule has 0 radical (unpaired) electrons. The van der Waals surface area contributed by atoms with Gasteiger partial charge in [-0.1, -0.05) is 13.3 Å². The summed E-state index contributed by atoms with van der Waals surface area (Å²) in [5, 5.41) is 8.95. The lowest BCUT2D eigenvalue weighted by Gasteiger charge is -2.24. The van der Waals surface area contributed by atoms with Gasteiger partial charge in [-0.2, -0.15) is 0 Å². The van der Waals surface area contributed by atoms with E-state index in [1.54, 1.807) is 6.07 Å². The van der Waals surface area contributed by atoms with Crippen molar-refractivity contribution in [3.05, 3.63) is 21.4 Å². The van der Waals surface area contributed by atoms with Crippen LogP contribution in [0.3, 0.4) is 0 Å². The van der Waals surface area contributed by atoms with E-state index in [0.717, 1.165) is 17.0 Å². The van der Waals surface area contributed by atoms with Crippen LogP contribution in [0, 0.1) is 6.92 Å². The topological polar surface area (TPSA) is 40.5 Å². The molecule has 0 aliphatic carbocycles. The number of hydrogen-bond donors (Lipinski definition) is 1. The molecule has 0 saturated heterocycles. The van der Waals surface area contributed by atoms with Crippen molar-refractivity contribution in [3.8, 4) is 0 Å². The van der Waals surface area contributed by atoms with Gasteiger partial charge in [0.2, 0.25) is 0 Å². The van der Waals surface area contributed by atoms with Crippen LogP contribution in [0.2, 0.25) is 0 Å². The number of carbonyl (C=O) groups is 1. The fourth-order valence-electron chi connectivity index (χ4n) is 1.84. The normalized spacial score (nSPS) is 13.0. The third-order valence-corrected chi connectivity index (χ3v) is 4.19. The maximum absolute atomic E-state index is 10.9. The molecule has 1 unspecified atom stereocenters. The Morgan fingerprint density at radius 2 is 2.24 bits per heavy atom. The maximum atomic E-state index is 10.9. The van der Waals surface area contributed by atoms with Crippen molar-refractivity contribution in [2.45, 2.75) is 46.2 Å². The van der Waals surface area contributed by atoms with Gasteiger partial charge in [0.25, 0.3) is 0 Å². The average molecular weight is 255 g/mol. The Hall–Kier alpha value is -0.870. The zero-order valence-corrected chi connectivity index (χ0v) is 11.8. The molecule has 1 aromatic heterocycles. The quantitative estimate of drug-likeness (QED) is 0.847. The van der Waals surface area contributed by atoms with Crippen molar-refractivity contribution < 1.29 is 9.90 Å². The predicted molar refractivity (Wildman–Crippen MR) is 71.9 cm³/mol. The van der Waals surface area contributed by atoms with E-state index in [0.29, 0.717) is 10.9 Å². The Labute approximate surface area is 107 Å². The highest BCUT2D eigenvalue weighted by Crippen LogP contribution is 2.23. The summed E-state index contributed by atoms with van der Waals surface area (Å²) in [5.41, 5.74) is 1.14. The van der Waals surface area contributed by atoms with Gasteiger partial charge in [0.05, 0.1) is 0 Å². The minimum Gasteiger partial charge on any atom is -0.477 e. The molecule has 0 bridgehead atoms. The van der Waals surface area contributed by atoms with Crippen LogP contribution in [0.1, 0.15) is 46.8 Å². The van der Waals surface area contributed by atoms with Gasteiger partial charge in [0.15, 0.2) is 0 Å². The van der Waals surface area contributed by atoms with E-state index in [4.69, 9.17) is 5.11 Å². The number of carboxylic acids is 1. The van der Waals surface area contributed by atoms with E-state index in [2.05, 4.69) is 25.8 Å². The van der Waals surface area contributed by atoms with Gasteiger partial charge in [-0.25, -0.2) is 4.79 Å². The standard InChI is InChI=1S/C13H21NO2S/c1-5-6-9(2)14(4)8-11-7-12(13(15)16)17-10(11)3/h7,9H,5-6,8H2,1-4H3,(H,15,16). The SMILES string of the molecule is CCCC(C)N(C)Cc1cc(C(=O)O)sc1C. The second-order valence-electron chi connectivity index (χ2n) is 4.55. The molecule has 1 N–H and O–H groups in total. The molecule has 0 aromatic carbocycles. The van der Waals surface area contributed by atoms with Gasteiger partial charge in [-0.05, 0) is 38.9 Å². The molecule has 4 heteroatoms. The smallest absolute Gasteiger partial charge is 0.345 e. The van der Waals surface area contributed by atoms with Gasteiger partial charge < -0.3 is 5.11 Å². The average Bonchev–Trinajstić information content (AvgIpc) is 2.61. The molecule has 17 heavy (non-hydrogen) atoms. The lowest BCUT2D eigenvalue weighted by atomic mass is 10.1. The fraction of sp³-hybridized carbons (Fsp3) is 0.615. The zero-order valence-electron chi connectivity index (χ0n) is 11.0. The first kappa shape index (κ1) is 14.2. The number of aryl methyl sites for hydroxylation is 1. The monoisotopic (exact) mass is 255 g/mol. The summed E-state index contributed by atoms with van der Waals surface area (Å²) >= 11 is 1.36. The van der Waals surface area contributed by atoms with Gasteiger partial charge in [0.1, 0.15) is 4.88 Å². The highest BCUT2D eigenvalue weighted by Gasteiger charge is 2.14. The first-order chi connectivity index (χ1) is 7.95. The van der Waals surface area contributed by atoms with E-state index in [9.17, 15) is 4.79 Å². The summed E-state index contributed by atoms with van der Waals surface area (Å²) in [7, 11) is 2.10. The fourth-order valence-corrected chi connectivity index (χ4v) is 2.72. The van der Waals surface area contributed by atoms with E-state index in [1.165, 1.54) is 24.2 Å². The Morgan fingerprint density at radius 1 is 1.59 bits per heavy atom. The second kappa shape index (κ2) is 6.17. The number of thiophene rings is 1. The third-order valence-electron chi connectivity index (χ3n) is 3.11. The molecule has 0 spiro atoms. The van der Waals surface area contributed by atoms with E-state index >= 15 is 0 Å². The van der Waals surface area contributed by atoms with Gasteiger partial charge in [-0.3, -0.25) is 4.90 Å². The number of nitrogens with zero attached hydrogens (tertiary/aromatic N) is 1. The van der Waals surface area contributed by atoms with Crippen LogP contribution in [-0.4, -0.2) is 29.1 Å². The lowest BCUT2D eigenvalue weighted by molar-refractivity contribution is 0.0702. The van der Waals surface area contributed by atoms with Crippen molar-refractivity contribution in [3.63, 3.8) is 0 Å². The summed E-state index contributed by atoms with van der Waals surface area (Å²) in [6.45, 7) is 7.22. The van der Waals surface area contributed by atoms with Crippen LogP contribution in [0.15, 0.2) is 6.07 Å². The van der Waals surface area contributed by atoms with Crippen LogP contribution >= 0.6 is 11.3 Å². The van der Waals surface area contributed by atoms with Crippen LogP contribution in [0.4, 0.5) is 0 Å². The molecule has 96 valence electrons. The first-order valence-electron chi connectivity index (χ1n) is 5.98. The van der Waals surface area contributed by atoms with Crippen LogP contribution in [0.25, 0.3) is 0 Å². The second-order valence-corrected chi connectivity index (χ2v) is 5.81. The highest BCUT2D eigenvalue weighted by molar-refractivity contribution is 7.14. The van der Waals surface area contributed by atoms with Gasteiger partial charge >= 0.3 is 5.97 Å². The number of aromatic carboxylic acids is 1. The van der Waals surface area contributed by atoms with Crippen LogP contribution in [0.5, 0.6) is 0 Å². The maximum Gasteiger partial charge on any atom is 0.345 e. The summed E-state index contributed by atoms with van der Waals surface area (Å²) in [6, 6.07) is 2.34. The summed E-state index contributed by atoms with van der Waals surface area (Å²) in [5.74, 6) is -0.825. The van der Waals surface area contributed by atoms with Crippen molar-refractivity contribution >= 4 is 17.3 Å². The number of carboxylic acid groups (broad SMARTS) is 1. The Balaban J connectivity index is 2.71. The molecular formula is C13H21NO2S. The minimum absolute atomic E-state index is 0.439. The molecule has 0 amide bonds. The van der Waals surface area contributed by atoms with Gasteiger partial charge in [0, 0.05) is 17.5 Å². The predicted octanol–water partition coefficient (Wildman–Crippen LogP) is 3.38. The molecular weight excluding hydrogens is 234 g/mol. The highest BCUT2D eigenvalue weighted by atomic mass is 32.1. The third kappa shape index (κ3) is 3.82. The number of rotatable bonds is 6. The largest absolute Gasteiger partial charge is 0.477 e. The Morgan fingerprint density at radius 3 is 2.71 bits per heavy atom. The van der Waals surface area contributed by atoms with Crippen molar-refractivity contribution in [1.82, 2.24) is 4.90 Å². The molecule has 1 heterocycles. The van der Waals surface area contributed by atoms with Crippen LogP contribution in [-0.2, 0) is 6.54 Å². The Bertz CT molecular complexity index is 387.